The Morgan fingerprint density at radius 2 is 1.89 bits per heavy atom. The average Bonchev–Trinajstić information content (AvgIpc) is 2.73. The van der Waals surface area contributed by atoms with Crippen LogP contribution in [0.5, 0.6) is 5.75 Å². The smallest absolute Gasteiger partial charge is 0.237 e. The molecule has 0 aliphatic carbocycles. The van der Waals surface area contributed by atoms with Gasteiger partial charge in [0.05, 0.1) is 18.0 Å². The number of methoxy groups -OCH3 is 1. The molecule has 2 aliphatic rings. The Bertz CT molecular complexity index is 791. The predicted octanol–water partition coefficient (Wildman–Crippen LogP) is 3.32. The van der Waals surface area contributed by atoms with Gasteiger partial charge in [-0.25, -0.2) is 0 Å². The van der Waals surface area contributed by atoms with E-state index in [4.69, 9.17) is 4.74 Å². The summed E-state index contributed by atoms with van der Waals surface area (Å²) in [5.74, 6) is 0.939. The van der Waals surface area contributed by atoms with Gasteiger partial charge in [0.25, 0.3) is 0 Å². The molecule has 6 heteroatoms. The predicted molar refractivity (Wildman–Crippen MR) is 111 cm³/mol. The van der Waals surface area contributed by atoms with Crippen molar-refractivity contribution < 1.29 is 9.53 Å². The lowest BCUT2D eigenvalue weighted by molar-refractivity contribution is -0.116. The van der Waals surface area contributed by atoms with Crippen molar-refractivity contribution in [3.05, 3.63) is 48.5 Å². The molecule has 1 atom stereocenters. The van der Waals surface area contributed by atoms with Crippen LogP contribution in [0.25, 0.3) is 0 Å². The molecule has 2 aromatic carbocycles. The van der Waals surface area contributed by atoms with Gasteiger partial charge < -0.3 is 15.0 Å². The van der Waals surface area contributed by atoms with Crippen LogP contribution in [0.15, 0.2) is 53.4 Å². The molecule has 27 heavy (non-hydrogen) atoms. The minimum atomic E-state index is -0.0447. The van der Waals surface area contributed by atoms with E-state index in [1.165, 1.54) is 5.69 Å². The van der Waals surface area contributed by atoms with E-state index < -0.39 is 0 Å². The molecule has 1 amide bonds. The lowest BCUT2D eigenvalue weighted by atomic mass is 10.2. The zero-order chi connectivity index (χ0) is 18.6. The molecule has 1 N–H and O–H groups in total. The van der Waals surface area contributed by atoms with Gasteiger partial charge in [-0.15, -0.1) is 11.8 Å². The van der Waals surface area contributed by atoms with Crippen LogP contribution in [-0.4, -0.2) is 55.9 Å². The fourth-order valence-electron chi connectivity index (χ4n) is 3.61. The SMILES string of the molecule is COc1ccc2c(c1)SC(CCN1CCN(c3ccccc3)CC1)C(=O)N2. The second-order valence-electron chi connectivity index (χ2n) is 6.91. The summed E-state index contributed by atoms with van der Waals surface area (Å²) in [6.45, 7) is 5.10. The first-order valence-corrected chi connectivity index (χ1v) is 10.3. The summed E-state index contributed by atoms with van der Waals surface area (Å²) in [6, 6.07) is 16.4. The van der Waals surface area contributed by atoms with E-state index in [2.05, 4.69) is 45.4 Å². The number of hydrogen-bond acceptors (Lipinski definition) is 5. The van der Waals surface area contributed by atoms with Gasteiger partial charge in [0.2, 0.25) is 5.91 Å². The van der Waals surface area contributed by atoms with Gasteiger partial charge >= 0.3 is 0 Å². The van der Waals surface area contributed by atoms with Crippen molar-refractivity contribution in [2.45, 2.75) is 16.6 Å². The van der Waals surface area contributed by atoms with Crippen LogP contribution >= 0.6 is 11.8 Å². The van der Waals surface area contributed by atoms with E-state index in [0.29, 0.717) is 0 Å². The number of amides is 1. The van der Waals surface area contributed by atoms with Gasteiger partial charge in [-0.1, -0.05) is 18.2 Å². The van der Waals surface area contributed by atoms with Gasteiger partial charge in [0.1, 0.15) is 5.75 Å². The van der Waals surface area contributed by atoms with Crippen LogP contribution in [0, 0.1) is 0 Å². The van der Waals surface area contributed by atoms with Gasteiger partial charge in [0.15, 0.2) is 0 Å². The first-order chi connectivity index (χ1) is 13.2. The van der Waals surface area contributed by atoms with Crippen LogP contribution in [-0.2, 0) is 4.79 Å². The van der Waals surface area contributed by atoms with Crippen molar-refractivity contribution in [3.8, 4) is 5.75 Å². The molecule has 0 saturated carbocycles. The third-order valence-corrected chi connectivity index (χ3v) is 6.54. The maximum Gasteiger partial charge on any atom is 0.237 e. The number of rotatable bonds is 5. The highest BCUT2D eigenvalue weighted by Gasteiger charge is 2.28. The molecule has 1 saturated heterocycles. The second-order valence-corrected chi connectivity index (χ2v) is 8.16. The van der Waals surface area contributed by atoms with Gasteiger partial charge in [-0.05, 0) is 43.3 Å². The zero-order valence-electron chi connectivity index (χ0n) is 15.6. The summed E-state index contributed by atoms with van der Waals surface area (Å²) in [6.07, 6.45) is 0.860. The van der Waals surface area contributed by atoms with Crippen molar-refractivity contribution in [2.75, 3.05) is 50.1 Å². The summed E-state index contributed by atoms with van der Waals surface area (Å²) < 4.78 is 5.31. The van der Waals surface area contributed by atoms with E-state index >= 15 is 0 Å². The fraction of sp³-hybridized carbons (Fsp3) is 0.381. The maximum absolute atomic E-state index is 12.4. The second kappa shape index (κ2) is 8.23. The molecule has 0 spiro atoms. The number of carbonyl (C=O) groups excluding carboxylic acids is 1. The fourth-order valence-corrected chi connectivity index (χ4v) is 4.73. The molecule has 1 fully saturated rings. The highest BCUT2D eigenvalue weighted by Crippen LogP contribution is 2.39. The van der Waals surface area contributed by atoms with Crippen LogP contribution in [0.1, 0.15) is 6.42 Å². The van der Waals surface area contributed by atoms with Crippen LogP contribution in [0.2, 0.25) is 0 Å². The third kappa shape index (κ3) is 4.22. The normalized spacial score (nSPS) is 20.1. The van der Waals surface area contributed by atoms with Crippen LogP contribution in [0.3, 0.4) is 0 Å². The van der Waals surface area contributed by atoms with Gasteiger partial charge in [0, 0.05) is 36.8 Å². The van der Waals surface area contributed by atoms with Crippen molar-refractivity contribution in [2.24, 2.45) is 0 Å². The minimum absolute atomic E-state index is 0.0447. The number of hydrogen-bond donors (Lipinski definition) is 1. The number of fused-ring (bicyclic) bond motifs is 1. The molecular weight excluding hydrogens is 358 g/mol. The van der Waals surface area contributed by atoms with Crippen molar-refractivity contribution >= 4 is 29.0 Å². The maximum atomic E-state index is 12.4. The first-order valence-electron chi connectivity index (χ1n) is 9.41. The minimum Gasteiger partial charge on any atom is -0.497 e. The van der Waals surface area contributed by atoms with Crippen LogP contribution in [0.4, 0.5) is 11.4 Å². The number of anilines is 2. The molecule has 2 aliphatic heterocycles. The number of piperazine rings is 1. The quantitative estimate of drug-likeness (QED) is 0.858. The van der Waals surface area contributed by atoms with E-state index in [1.807, 2.05) is 18.2 Å². The molecule has 0 bridgehead atoms. The number of benzene rings is 2. The summed E-state index contributed by atoms with van der Waals surface area (Å²) in [5, 5.41) is 2.99. The summed E-state index contributed by atoms with van der Waals surface area (Å²) in [7, 11) is 1.67. The molecule has 2 aromatic rings. The molecule has 0 aromatic heterocycles. The largest absolute Gasteiger partial charge is 0.497 e. The van der Waals surface area contributed by atoms with Gasteiger partial charge in [-0.2, -0.15) is 0 Å². The zero-order valence-corrected chi connectivity index (χ0v) is 16.4. The highest BCUT2D eigenvalue weighted by atomic mass is 32.2. The summed E-state index contributed by atoms with van der Waals surface area (Å²) in [4.78, 5) is 18.4. The van der Waals surface area contributed by atoms with E-state index in [1.54, 1.807) is 18.9 Å². The average molecular weight is 384 g/mol. The Kier molecular flexibility index (Phi) is 5.55. The lowest BCUT2D eigenvalue weighted by Gasteiger charge is -2.36. The first kappa shape index (κ1) is 18.2. The van der Waals surface area contributed by atoms with E-state index in [-0.39, 0.29) is 11.2 Å². The number of nitrogens with one attached hydrogen (secondary N) is 1. The van der Waals surface area contributed by atoms with Crippen molar-refractivity contribution in [1.82, 2.24) is 4.90 Å². The highest BCUT2D eigenvalue weighted by molar-refractivity contribution is 8.01. The standard InChI is InChI=1S/C21H25N3O2S/c1-26-17-7-8-18-20(15-17)27-19(21(25)22-18)9-10-23-11-13-24(14-12-23)16-5-3-2-4-6-16/h2-8,15,19H,9-14H2,1H3,(H,22,25). The Hall–Kier alpha value is -2.18. The third-order valence-electron chi connectivity index (χ3n) is 5.21. The van der Waals surface area contributed by atoms with E-state index in [9.17, 15) is 4.79 Å². The Morgan fingerprint density at radius 1 is 1.11 bits per heavy atom. The number of thioether (sulfide) groups is 1. The Morgan fingerprint density at radius 3 is 2.63 bits per heavy atom. The number of carbonyl (C=O) groups is 1. The topological polar surface area (TPSA) is 44.8 Å². The van der Waals surface area contributed by atoms with Crippen LogP contribution < -0.4 is 15.0 Å². The lowest BCUT2D eigenvalue weighted by Crippen LogP contribution is -2.47. The molecular formula is C21H25N3O2S. The molecule has 2 heterocycles. The number of ether oxygens (including phenoxy) is 1. The van der Waals surface area contributed by atoms with Crippen molar-refractivity contribution in [3.63, 3.8) is 0 Å². The molecule has 5 nitrogen and oxygen atoms in total. The number of para-hydroxylation sites is 1. The molecule has 4 rings (SSSR count). The molecule has 0 radical (unpaired) electrons. The molecule has 142 valence electrons. The summed E-state index contributed by atoms with van der Waals surface area (Å²) >= 11 is 1.65. The molecule has 1 unspecified atom stereocenters. The Labute approximate surface area is 164 Å². The summed E-state index contributed by atoms with van der Waals surface area (Å²) in [5.41, 5.74) is 2.18. The van der Waals surface area contributed by atoms with Crippen molar-refractivity contribution in [1.29, 1.82) is 0 Å². The number of nitrogens with zero attached hydrogens (tertiary/aromatic N) is 2. The Balaban J connectivity index is 1.30. The van der Waals surface area contributed by atoms with E-state index in [0.717, 1.165) is 55.5 Å². The monoisotopic (exact) mass is 383 g/mol. The van der Waals surface area contributed by atoms with Gasteiger partial charge in [-0.3, -0.25) is 9.69 Å².